The lowest BCUT2D eigenvalue weighted by molar-refractivity contribution is -0.121. The minimum absolute atomic E-state index is 0.0939. The van der Waals surface area contributed by atoms with Crippen LogP contribution >= 0.6 is 0 Å². The molecule has 1 aliphatic rings. The number of sulfonamides is 1. The van der Waals surface area contributed by atoms with Crippen molar-refractivity contribution in [2.75, 3.05) is 17.2 Å². The molecule has 1 saturated heterocycles. The molecular formula is C26H27N3O4S. The number of benzene rings is 3. The SMILES string of the molecule is Cc1ccc(NC(=O)Nc2ccc(S(=O)(=O)N3CCCC3C(=O)Cc3ccccc3)cc2)cc1. The Bertz CT molecular complexity index is 1260. The highest BCUT2D eigenvalue weighted by atomic mass is 32.2. The number of hydrogen-bond acceptors (Lipinski definition) is 4. The molecule has 7 nitrogen and oxygen atoms in total. The summed E-state index contributed by atoms with van der Waals surface area (Å²) >= 11 is 0. The summed E-state index contributed by atoms with van der Waals surface area (Å²) in [6, 6.07) is 21.6. The molecule has 3 aromatic rings. The highest BCUT2D eigenvalue weighted by Crippen LogP contribution is 2.28. The molecule has 0 aliphatic carbocycles. The van der Waals surface area contributed by atoms with Gasteiger partial charge in [-0.05, 0) is 61.7 Å². The van der Waals surface area contributed by atoms with E-state index in [4.69, 9.17) is 0 Å². The average molecular weight is 478 g/mol. The molecule has 176 valence electrons. The van der Waals surface area contributed by atoms with Gasteiger partial charge in [-0.2, -0.15) is 4.31 Å². The van der Waals surface area contributed by atoms with Crippen molar-refractivity contribution in [2.45, 2.75) is 37.1 Å². The van der Waals surface area contributed by atoms with Gasteiger partial charge in [0.15, 0.2) is 5.78 Å². The van der Waals surface area contributed by atoms with Crippen molar-refractivity contribution in [3.8, 4) is 0 Å². The van der Waals surface area contributed by atoms with Crippen LogP contribution in [0.1, 0.15) is 24.0 Å². The summed E-state index contributed by atoms with van der Waals surface area (Å²) < 4.78 is 27.9. The molecule has 4 rings (SSSR count). The number of carbonyl (C=O) groups excluding carboxylic acids is 2. The zero-order chi connectivity index (χ0) is 24.1. The Balaban J connectivity index is 1.42. The summed E-state index contributed by atoms with van der Waals surface area (Å²) in [5.41, 5.74) is 3.07. The molecule has 1 unspecified atom stereocenters. The van der Waals surface area contributed by atoms with Gasteiger partial charge in [0.2, 0.25) is 10.0 Å². The van der Waals surface area contributed by atoms with E-state index in [0.717, 1.165) is 11.1 Å². The van der Waals surface area contributed by atoms with Gasteiger partial charge in [-0.25, -0.2) is 13.2 Å². The largest absolute Gasteiger partial charge is 0.323 e. The third kappa shape index (κ3) is 5.52. The van der Waals surface area contributed by atoms with Gasteiger partial charge in [-0.3, -0.25) is 4.79 Å². The van der Waals surface area contributed by atoms with Gasteiger partial charge in [0.05, 0.1) is 10.9 Å². The zero-order valence-corrected chi connectivity index (χ0v) is 19.7. The topological polar surface area (TPSA) is 95.6 Å². The third-order valence-electron chi connectivity index (χ3n) is 5.82. The quantitative estimate of drug-likeness (QED) is 0.520. The first-order valence-corrected chi connectivity index (χ1v) is 12.6. The second-order valence-corrected chi connectivity index (χ2v) is 10.3. The monoisotopic (exact) mass is 477 g/mol. The zero-order valence-electron chi connectivity index (χ0n) is 18.9. The van der Waals surface area contributed by atoms with Crippen LogP contribution in [0.5, 0.6) is 0 Å². The number of nitrogens with one attached hydrogen (secondary N) is 2. The Kier molecular flexibility index (Phi) is 7.09. The lowest BCUT2D eigenvalue weighted by Gasteiger charge is -2.23. The first-order chi connectivity index (χ1) is 16.3. The molecule has 2 N–H and O–H groups in total. The van der Waals surface area contributed by atoms with Gasteiger partial charge >= 0.3 is 6.03 Å². The molecule has 0 radical (unpaired) electrons. The predicted molar refractivity (Wildman–Crippen MR) is 132 cm³/mol. The van der Waals surface area contributed by atoms with Gasteiger partial charge in [-0.15, -0.1) is 0 Å². The maximum absolute atomic E-state index is 13.3. The van der Waals surface area contributed by atoms with E-state index in [-0.39, 0.29) is 17.1 Å². The van der Waals surface area contributed by atoms with E-state index in [1.54, 1.807) is 24.3 Å². The lowest BCUT2D eigenvalue weighted by atomic mass is 10.0. The Morgan fingerprint density at radius 2 is 1.47 bits per heavy atom. The van der Waals surface area contributed by atoms with Gasteiger partial charge in [0, 0.05) is 24.3 Å². The van der Waals surface area contributed by atoms with Crippen LogP contribution in [0.15, 0.2) is 83.8 Å². The van der Waals surface area contributed by atoms with E-state index in [1.165, 1.54) is 16.4 Å². The van der Waals surface area contributed by atoms with Crippen molar-refractivity contribution >= 4 is 33.2 Å². The number of carbonyl (C=O) groups is 2. The second kappa shape index (κ2) is 10.2. The van der Waals surface area contributed by atoms with Crippen LogP contribution in [-0.4, -0.2) is 37.1 Å². The van der Waals surface area contributed by atoms with Gasteiger partial charge in [0.25, 0.3) is 0 Å². The van der Waals surface area contributed by atoms with Crippen LogP contribution in [0.2, 0.25) is 0 Å². The van der Waals surface area contributed by atoms with Crippen LogP contribution in [0.4, 0.5) is 16.2 Å². The summed E-state index contributed by atoms with van der Waals surface area (Å²) in [7, 11) is -3.84. The van der Waals surface area contributed by atoms with Crippen LogP contribution in [-0.2, 0) is 21.2 Å². The molecule has 1 fully saturated rings. The first kappa shape index (κ1) is 23.7. The van der Waals surface area contributed by atoms with E-state index in [1.807, 2.05) is 49.4 Å². The van der Waals surface area contributed by atoms with Gasteiger partial charge < -0.3 is 10.6 Å². The van der Waals surface area contributed by atoms with Crippen molar-refractivity contribution in [1.82, 2.24) is 4.31 Å². The fourth-order valence-electron chi connectivity index (χ4n) is 4.04. The predicted octanol–water partition coefficient (Wildman–Crippen LogP) is 4.60. The fraction of sp³-hybridized carbons (Fsp3) is 0.231. The number of rotatable bonds is 7. The Morgan fingerprint density at radius 1 is 0.882 bits per heavy atom. The lowest BCUT2D eigenvalue weighted by Crippen LogP contribution is -2.41. The van der Waals surface area contributed by atoms with Gasteiger partial charge in [0.1, 0.15) is 0 Å². The smallest absolute Gasteiger partial charge is 0.308 e. The molecular weight excluding hydrogens is 450 g/mol. The molecule has 0 aromatic heterocycles. The summed E-state index contributed by atoms with van der Waals surface area (Å²) in [5, 5.41) is 5.43. The molecule has 34 heavy (non-hydrogen) atoms. The number of aryl methyl sites for hydroxylation is 1. The summed E-state index contributed by atoms with van der Waals surface area (Å²) in [4.78, 5) is 25.2. The van der Waals surface area contributed by atoms with Crippen molar-refractivity contribution < 1.29 is 18.0 Å². The summed E-state index contributed by atoms with van der Waals surface area (Å²) in [6.07, 6.45) is 1.36. The fourth-order valence-corrected chi connectivity index (χ4v) is 5.72. The standard InChI is InChI=1S/C26H27N3O4S/c1-19-9-11-21(12-10-19)27-26(31)28-22-13-15-23(16-14-22)34(32,33)29-17-5-8-24(29)25(30)18-20-6-3-2-4-7-20/h2-4,6-7,9-16,24H,5,8,17-18H2,1H3,(H2,27,28,31). The van der Waals surface area contributed by atoms with Crippen LogP contribution in [0, 0.1) is 6.92 Å². The molecule has 0 bridgehead atoms. The molecule has 0 spiro atoms. The molecule has 1 heterocycles. The van der Waals surface area contributed by atoms with Crippen LogP contribution < -0.4 is 10.6 Å². The van der Waals surface area contributed by atoms with E-state index in [2.05, 4.69) is 10.6 Å². The molecule has 2 amide bonds. The average Bonchev–Trinajstić information content (AvgIpc) is 3.33. The van der Waals surface area contributed by atoms with Crippen LogP contribution in [0.25, 0.3) is 0 Å². The van der Waals surface area contributed by atoms with Gasteiger partial charge in [-0.1, -0.05) is 48.0 Å². The molecule has 1 aliphatic heterocycles. The number of amides is 2. The number of ketones is 1. The Morgan fingerprint density at radius 3 is 2.09 bits per heavy atom. The highest BCUT2D eigenvalue weighted by Gasteiger charge is 2.39. The van der Waals surface area contributed by atoms with E-state index < -0.39 is 22.1 Å². The highest BCUT2D eigenvalue weighted by molar-refractivity contribution is 7.89. The van der Waals surface area contributed by atoms with Crippen molar-refractivity contribution in [3.63, 3.8) is 0 Å². The number of hydrogen-bond donors (Lipinski definition) is 2. The summed E-state index contributed by atoms with van der Waals surface area (Å²) in [5.74, 6) is -0.0988. The number of urea groups is 1. The van der Waals surface area contributed by atoms with E-state index in [9.17, 15) is 18.0 Å². The van der Waals surface area contributed by atoms with Crippen LogP contribution in [0.3, 0.4) is 0 Å². The first-order valence-electron chi connectivity index (χ1n) is 11.2. The minimum Gasteiger partial charge on any atom is -0.308 e. The molecule has 3 aromatic carbocycles. The van der Waals surface area contributed by atoms with Crippen molar-refractivity contribution in [3.05, 3.63) is 90.0 Å². The Hall–Kier alpha value is -3.49. The Labute approximate surface area is 199 Å². The maximum Gasteiger partial charge on any atom is 0.323 e. The maximum atomic E-state index is 13.3. The van der Waals surface area contributed by atoms with E-state index in [0.29, 0.717) is 30.8 Å². The third-order valence-corrected chi connectivity index (χ3v) is 7.75. The van der Waals surface area contributed by atoms with E-state index >= 15 is 0 Å². The minimum atomic E-state index is -3.84. The van der Waals surface area contributed by atoms with Crippen molar-refractivity contribution in [2.24, 2.45) is 0 Å². The summed E-state index contributed by atoms with van der Waals surface area (Å²) in [6.45, 7) is 2.27. The molecule has 0 saturated carbocycles. The molecule has 1 atom stereocenters. The van der Waals surface area contributed by atoms with Crippen molar-refractivity contribution in [1.29, 1.82) is 0 Å². The number of Topliss-reactive ketones (excluding diaryl/α,β-unsaturated/α-hetero) is 1. The normalized spacial score (nSPS) is 16.2. The number of nitrogens with zero attached hydrogens (tertiary/aromatic N) is 1. The second-order valence-electron chi connectivity index (χ2n) is 8.37. The molecule has 8 heteroatoms. The number of anilines is 2.